The van der Waals surface area contributed by atoms with Crippen molar-refractivity contribution in [1.82, 2.24) is 9.80 Å². The molecule has 6 heteroatoms. The van der Waals surface area contributed by atoms with Gasteiger partial charge in [0.15, 0.2) is 11.6 Å². The fourth-order valence-electron chi connectivity index (χ4n) is 3.05. The highest BCUT2D eigenvalue weighted by Gasteiger charge is 2.27. The van der Waals surface area contributed by atoms with Gasteiger partial charge >= 0.3 is 0 Å². The zero-order valence-electron chi connectivity index (χ0n) is 14.0. The van der Waals surface area contributed by atoms with Crippen LogP contribution in [0.2, 0.25) is 0 Å². The first-order chi connectivity index (χ1) is 11.6. The molecule has 1 unspecified atom stereocenters. The van der Waals surface area contributed by atoms with Crippen LogP contribution in [0.4, 0.5) is 8.78 Å². The molecule has 3 nitrogen and oxygen atoms in total. The normalized spacial score (nSPS) is 21.6. The first-order valence-corrected chi connectivity index (χ1v) is 9.33. The van der Waals surface area contributed by atoms with Crippen LogP contribution in [0, 0.1) is 11.6 Å². The summed E-state index contributed by atoms with van der Waals surface area (Å²) in [5.74, 6) is -0.477. The number of nitrogens with zero attached hydrogens (tertiary/aromatic N) is 2. The van der Waals surface area contributed by atoms with E-state index in [-0.39, 0.29) is 5.37 Å². The first kappa shape index (κ1) is 17.3. The molecule has 0 aromatic heterocycles. The van der Waals surface area contributed by atoms with Gasteiger partial charge < -0.3 is 14.5 Å². The maximum atomic E-state index is 13.6. The maximum Gasteiger partial charge on any atom is 0.159 e. The molecule has 1 fully saturated rings. The van der Waals surface area contributed by atoms with Crippen molar-refractivity contribution >= 4 is 11.8 Å². The van der Waals surface area contributed by atoms with E-state index in [1.54, 1.807) is 17.8 Å². The van der Waals surface area contributed by atoms with Gasteiger partial charge in [0, 0.05) is 19.6 Å². The van der Waals surface area contributed by atoms with Crippen molar-refractivity contribution in [2.75, 3.05) is 32.6 Å². The standard InChI is InChI=1S/C18H22F2N2OS/c1-13-9-17(21-5-7-23-8-6-21)22(18(10-13)24-2)12-14-3-4-15(19)16(20)11-14/h3-4,9-11,18H,5-8,12H2,1-2H3. The molecular weight excluding hydrogens is 330 g/mol. The lowest BCUT2D eigenvalue weighted by Crippen LogP contribution is -2.45. The van der Waals surface area contributed by atoms with Crippen LogP contribution in [0.15, 0.2) is 41.7 Å². The monoisotopic (exact) mass is 352 g/mol. The summed E-state index contributed by atoms with van der Waals surface area (Å²) in [5, 5.41) is 0.168. The molecule has 24 heavy (non-hydrogen) atoms. The Hall–Kier alpha value is -1.53. The van der Waals surface area contributed by atoms with Crippen molar-refractivity contribution in [2.45, 2.75) is 18.8 Å². The number of ether oxygens (including phenoxy) is 1. The van der Waals surface area contributed by atoms with Crippen LogP contribution >= 0.6 is 11.8 Å². The van der Waals surface area contributed by atoms with Gasteiger partial charge in [-0.05, 0) is 48.6 Å². The number of halogens is 2. The number of rotatable bonds is 4. The fourth-order valence-corrected chi connectivity index (χ4v) is 3.83. The van der Waals surface area contributed by atoms with Crippen LogP contribution in [0.25, 0.3) is 0 Å². The lowest BCUT2D eigenvalue weighted by Gasteiger charge is -2.42. The summed E-state index contributed by atoms with van der Waals surface area (Å²) in [7, 11) is 0. The van der Waals surface area contributed by atoms with Gasteiger partial charge in [-0.2, -0.15) is 0 Å². The van der Waals surface area contributed by atoms with E-state index in [1.807, 2.05) is 0 Å². The zero-order valence-corrected chi connectivity index (χ0v) is 14.8. The molecule has 0 amide bonds. The highest BCUT2D eigenvalue weighted by atomic mass is 32.2. The van der Waals surface area contributed by atoms with Gasteiger partial charge in [-0.1, -0.05) is 6.07 Å². The summed E-state index contributed by atoms with van der Waals surface area (Å²) in [6.07, 6.45) is 6.43. The predicted octanol–water partition coefficient (Wildman–Crippen LogP) is 3.59. The summed E-state index contributed by atoms with van der Waals surface area (Å²) in [4.78, 5) is 4.55. The molecule has 2 aliphatic rings. The van der Waals surface area contributed by atoms with Crippen LogP contribution in [0.1, 0.15) is 12.5 Å². The van der Waals surface area contributed by atoms with Crippen molar-refractivity contribution in [3.05, 3.63) is 58.9 Å². The second-order valence-electron chi connectivity index (χ2n) is 6.02. The Morgan fingerprint density at radius 3 is 2.62 bits per heavy atom. The molecule has 0 saturated carbocycles. The predicted molar refractivity (Wildman–Crippen MR) is 93.4 cm³/mol. The third kappa shape index (κ3) is 3.75. The van der Waals surface area contributed by atoms with Gasteiger partial charge in [0.05, 0.1) is 18.6 Å². The van der Waals surface area contributed by atoms with Crippen molar-refractivity contribution in [3.63, 3.8) is 0 Å². The Bertz CT molecular complexity index is 656. The minimum atomic E-state index is -0.807. The molecule has 2 heterocycles. The highest BCUT2D eigenvalue weighted by molar-refractivity contribution is 7.99. The van der Waals surface area contributed by atoms with Crippen molar-refractivity contribution in [1.29, 1.82) is 0 Å². The topological polar surface area (TPSA) is 15.7 Å². The minimum absolute atomic E-state index is 0.168. The summed E-state index contributed by atoms with van der Waals surface area (Å²) in [6.45, 7) is 5.74. The highest BCUT2D eigenvalue weighted by Crippen LogP contribution is 2.30. The Labute approximate surface area is 146 Å². The Kier molecular flexibility index (Phi) is 5.46. The number of hydrogen-bond donors (Lipinski definition) is 0. The molecule has 1 aromatic rings. The molecule has 0 N–H and O–H groups in total. The van der Waals surface area contributed by atoms with Crippen LogP contribution < -0.4 is 0 Å². The van der Waals surface area contributed by atoms with Crippen LogP contribution in [0.3, 0.4) is 0 Å². The van der Waals surface area contributed by atoms with E-state index in [2.05, 4.69) is 35.1 Å². The van der Waals surface area contributed by atoms with E-state index < -0.39 is 11.6 Å². The van der Waals surface area contributed by atoms with E-state index in [9.17, 15) is 8.78 Å². The molecule has 1 saturated heterocycles. The van der Waals surface area contributed by atoms with E-state index in [4.69, 9.17) is 4.74 Å². The van der Waals surface area contributed by atoms with Crippen molar-refractivity contribution in [3.8, 4) is 0 Å². The second kappa shape index (κ2) is 7.57. The number of thioether (sulfide) groups is 1. The molecule has 2 aliphatic heterocycles. The number of allylic oxidation sites excluding steroid dienone is 2. The third-order valence-corrected chi connectivity index (χ3v) is 5.15. The van der Waals surface area contributed by atoms with E-state index in [0.717, 1.165) is 24.5 Å². The molecule has 0 radical (unpaired) electrons. The first-order valence-electron chi connectivity index (χ1n) is 8.04. The molecule has 1 atom stereocenters. The molecule has 0 bridgehead atoms. The Balaban J connectivity index is 1.88. The van der Waals surface area contributed by atoms with Gasteiger partial charge in [-0.15, -0.1) is 11.8 Å². The molecule has 3 rings (SSSR count). The van der Waals surface area contributed by atoms with Crippen LogP contribution in [-0.2, 0) is 11.3 Å². The minimum Gasteiger partial charge on any atom is -0.378 e. The largest absolute Gasteiger partial charge is 0.378 e. The third-order valence-electron chi connectivity index (χ3n) is 4.28. The quantitative estimate of drug-likeness (QED) is 0.823. The van der Waals surface area contributed by atoms with Gasteiger partial charge in [0.25, 0.3) is 0 Å². The number of morpholine rings is 1. The lowest BCUT2D eigenvalue weighted by atomic mass is 10.1. The average Bonchev–Trinajstić information content (AvgIpc) is 2.60. The molecule has 1 aromatic carbocycles. The second-order valence-corrected chi connectivity index (χ2v) is 6.97. The van der Waals surface area contributed by atoms with Crippen molar-refractivity contribution < 1.29 is 13.5 Å². The average molecular weight is 352 g/mol. The van der Waals surface area contributed by atoms with Crippen LogP contribution in [0.5, 0.6) is 0 Å². The number of benzene rings is 1. The van der Waals surface area contributed by atoms with E-state index in [1.165, 1.54) is 17.7 Å². The Morgan fingerprint density at radius 1 is 1.21 bits per heavy atom. The Morgan fingerprint density at radius 2 is 1.96 bits per heavy atom. The van der Waals surface area contributed by atoms with Crippen LogP contribution in [-0.4, -0.2) is 47.7 Å². The van der Waals surface area contributed by atoms with Gasteiger partial charge in [-0.25, -0.2) is 8.78 Å². The summed E-state index contributed by atoms with van der Waals surface area (Å²) >= 11 is 1.73. The lowest BCUT2D eigenvalue weighted by molar-refractivity contribution is 0.0361. The summed E-state index contributed by atoms with van der Waals surface area (Å²) in [5.41, 5.74) is 1.98. The van der Waals surface area contributed by atoms with Crippen molar-refractivity contribution in [2.24, 2.45) is 0 Å². The summed E-state index contributed by atoms with van der Waals surface area (Å²) < 4.78 is 32.2. The smallest absolute Gasteiger partial charge is 0.159 e. The van der Waals surface area contributed by atoms with Gasteiger partial charge in [-0.3, -0.25) is 0 Å². The van der Waals surface area contributed by atoms with E-state index >= 15 is 0 Å². The zero-order chi connectivity index (χ0) is 17.1. The molecular formula is C18H22F2N2OS. The molecule has 130 valence electrons. The van der Waals surface area contributed by atoms with E-state index in [0.29, 0.717) is 19.8 Å². The SMILES string of the molecule is CSC1C=C(C)C=C(N2CCOCC2)N1Cc1ccc(F)c(F)c1. The summed E-state index contributed by atoms with van der Waals surface area (Å²) in [6, 6.07) is 4.13. The van der Waals surface area contributed by atoms with Gasteiger partial charge in [0.2, 0.25) is 0 Å². The number of hydrogen-bond acceptors (Lipinski definition) is 4. The molecule has 0 aliphatic carbocycles. The van der Waals surface area contributed by atoms with Gasteiger partial charge in [0.1, 0.15) is 5.82 Å². The maximum absolute atomic E-state index is 13.6. The molecule has 0 spiro atoms. The fraction of sp³-hybridized carbons (Fsp3) is 0.444.